The van der Waals surface area contributed by atoms with Gasteiger partial charge in [-0.1, -0.05) is 0 Å². The molecular weight excluding hydrogens is 556 g/mol. The van der Waals surface area contributed by atoms with Gasteiger partial charge in [-0.15, -0.1) is 0 Å². The number of anilines is 2. The summed E-state index contributed by atoms with van der Waals surface area (Å²) in [6, 6.07) is 13.7. The van der Waals surface area contributed by atoms with E-state index in [9.17, 15) is 27.6 Å². The molecule has 0 fully saturated rings. The summed E-state index contributed by atoms with van der Waals surface area (Å²) in [5.41, 5.74) is 0.467. The fourth-order valence-corrected chi connectivity index (χ4v) is 4.44. The number of amides is 1. The molecule has 0 aliphatic carbocycles. The van der Waals surface area contributed by atoms with E-state index in [1.165, 1.54) is 49.6 Å². The molecule has 3 aromatic carbocycles. The fourth-order valence-electron chi connectivity index (χ4n) is 3.38. The highest BCUT2D eigenvalue weighted by Gasteiger charge is 2.24. The molecular formula is C27H26N4O9S. The lowest BCUT2D eigenvalue weighted by atomic mass is 10.1. The van der Waals surface area contributed by atoms with Crippen LogP contribution in [0.25, 0.3) is 0 Å². The largest absolute Gasteiger partial charge is 0.497 e. The van der Waals surface area contributed by atoms with Gasteiger partial charge < -0.3 is 19.5 Å². The van der Waals surface area contributed by atoms with Crippen LogP contribution in [-0.4, -0.2) is 59.4 Å². The van der Waals surface area contributed by atoms with E-state index in [0.29, 0.717) is 11.4 Å². The number of nitrogens with zero attached hydrogens (tertiary/aromatic N) is 2. The Morgan fingerprint density at radius 3 is 1.80 bits per heavy atom. The number of esters is 2. The molecule has 3 aromatic rings. The van der Waals surface area contributed by atoms with Crippen molar-refractivity contribution in [3.63, 3.8) is 0 Å². The molecule has 3 rings (SSSR count). The molecule has 0 aliphatic rings. The molecule has 1 amide bonds. The van der Waals surface area contributed by atoms with Gasteiger partial charge in [-0.3, -0.25) is 14.3 Å². The summed E-state index contributed by atoms with van der Waals surface area (Å²) in [6.45, 7) is 1.13. The first kappa shape index (κ1) is 30.4. The molecule has 1 unspecified atom stereocenters. The number of ketones is 1. The van der Waals surface area contributed by atoms with Crippen LogP contribution >= 0.6 is 0 Å². The first-order valence-corrected chi connectivity index (χ1v) is 13.3. The maximum absolute atomic E-state index is 12.8. The number of methoxy groups -OCH3 is 3. The Labute approximate surface area is 235 Å². The number of Topliss-reactive ketones (excluding diaryl/α,β-unsaturated/α-hetero) is 1. The van der Waals surface area contributed by atoms with E-state index in [0.717, 1.165) is 21.1 Å². The summed E-state index contributed by atoms with van der Waals surface area (Å²) in [5.74, 6) is -2.43. The third-order valence-corrected chi connectivity index (χ3v) is 6.85. The quantitative estimate of drug-likeness (QED) is 0.193. The van der Waals surface area contributed by atoms with Crippen LogP contribution in [0.1, 0.15) is 27.6 Å². The number of carbonyl (C=O) groups excluding carboxylic acids is 4. The second-order valence-corrected chi connectivity index (χ2v) is 10.0. The van der Waals surface area contributed by atoms with Crippen molar-refractivity contribution in [1.82, 2.24) is 0 Å². The molecule has 14 heteroatoms. The molecule has 41 heavy (non-hydrogen) atoms. The number of azo groups is 1. The molecule has 0 saturated carbocycles. The minimum Gasteiger partial charge on any atom is -0.497 e. The van der Waals surface area contributed by atoms with Gasteiger partial charge in [0.1, 0.15) is 5.75 Å². The highest BCUT2D eigenvalue weighted by atomic mass is 32.2. The van der Waals surface area contributed by atoms with Crippen LogP contribution < -0.4 is 14.8 Å². The van der Waals surface area contributed by atoms with Crippen LogP contribution in [0.2, 0.25) is 0 Å². The molecule has 13 nitrogen and oxygen atoms in total. The van der Waals surface area contributed by atoms with Gasteiger partial charge in [-0.2, -0.15) is 10.2 Å². The van der Waals surface area contributed by atoms with Crippen molar-refractivity contribution in [2.75, 3.05) is 31.4 Å². The predicted molar refractivity (Wildman–Crippen MR) is 147 cm³/mol. The number of hydrogen-bond acceptors (Lipinski definition) is 11. The van der Waals surface area contributed by atoms with Gasteiger partial charge in [0.2, 0.25) is 6.04 Å². The van der Waals surface area contributed by atoms with Crippen molar-refractivity contribution in [2.24, 2.45) is 10.2 Å². The number of ether oxygens (including phenoxy) is 3. The maximum atomic E-state index is 12.8. The van der Waals surface area contributed by atoms with E-state index in [4.69, 9.17) is 4.74 Å². The first-order chi connectivity index (χ1) is 19.5. The number of carbonyl (C=O) groups is 4. The number of nitrogens with one attached hydrogen (secondary N) is 2. The van der Waals surface area contributed by atoms with Crippen molar-refractivity contribution >= 4 is 50.7 Å². The van der Waals surface area contributed by atoms with E-state index in [1.807, 2.05) is 0 Å². The fraction of sp³-hybridized carbons (Fsp3) is 0.185. The minimum absolute atomic E-state index is 0.00808. The van der Waals surface area contributed by atoms with Crippen LogP contribution in [0.15, 0.2) is 81.9 Å². The number of rotatable bonds is 11. The summed E-state index contributed by atoms with van der Waals surface area (Å²) < 4.78 is 42.3. The van der Waals surface area contributed by atoms with Crippen molar-refractivity contribution in [3.05, 3.63) is 77.9 Å². The Kier molecular flexibility index (Phi) is 9.87. The summed E-state index contributed by atoms with van der Waals surface area (Å²) in [6.07, 6.45) is 0. The van der Waals surface area contributed by atoms with Gasteiger partial charge in [-0.05, 0) is 73.7 Å². The molecule has 0 spiro atoms. The van der Waals surface area contributed by atoms with Crippen LogP contribution in [-0.2, 0) is 29.1 Å². The van der Waals surface area contributed by atoms with Crippen LogP contribution in [0.5, 0.6) is 5.75 Å². The molecule has 0 radical (unpaired) electrons. The predicted octanol–water partition coefficient (Wildman–Crippen LogP) is 3.75. The molecule has 0 heterocycles. The Bertz CT molecular complexity index is 1550. The van der Waals surface area contributed by atoms with Crippen molar-refractivity contribution in [1.29, 1.82) is 0 Å². The summed E-state index contributed by atoms with van der Waals surface area (Å²) in [4.78, 5) is 48.9. The summed E-state index contributed by atoms with van der Waals surface area (Å²) in [7, 11) is -0.120. The smallest absolute Gasteiger partial charge is 0.337 e. The van der Waals surface area contributed by atoms with E-state index in [-0.39, 0.29) is 27.4 Å². The van der Waals surface area contributed by atoms with Crippen LogP contribution in [0.4, 0.5) is 17.1 Å². The molecule has 214 valence electrons. The maximum Gasteiger partial charge on any atom is 0.337 e. The van der Waals surface area contributed by atoms with E-state index < -0.39 is 39.7 Å². The highest BCUT2D eigenvalue weighted by molar-refractivity contribution is 7.92. The molecule has 2 N–H and O–H groups in total. The van der Waals surface area contributed by atoms with Gasteiger partial charge in [-0.25, -0.2) is 18.0 Å². The van der Waals surface area contributed by atoms with Gasteiger partial charge in [0.15, 0.2) is 5.78 Å². The Hall–Kier alpha value is -5.11. The van der Waals surface area contributed by atoms with Gasteiger partial charge >= 0.3 is 11.9 Å². The monoisotopic (exact) mass is 582 g/mol. The summed E-state index contributed by atoms with van der Waals surface area (Å²) >= 11 is 0. The molecule has 0 bridgehead atoms. The lowest BCUT2D eigenvalue weighted by molar-refractivity contribution is -0.126. The molecule has 1 atom stereocenters. The zero-order valence-electron chi connectivity index (χ0n) is 22.4. The van der Waals surface area contributed by atoms with Crippen molar-refractivity contribution in [2.45, 2.75) is 17.9 Å². The number of benzene rings is 3. The number of sulfonamides is 1. The first-order valence-electron chi connectivity index (χ1n) is 11.8. The topological polar surface area (TPSA) is 179 Å². The Morgan fingerprint density at radius 1 is 0.780 bits per heavy atom. The number of hydrogen-bond donors (Lipinski definition) is 2. The van der Waals surface area contributed by atoms with Gasteiger partial charge in [0, 0.05) is 11.4 Å². The molecule has 0 aromatic heterocycles. The Balaban J connectivity index is 1.76. The highest BCUT2D eigenvalue weighted by Crippen LogP contribution is 2.22. The standard InChI is InChI=1S/C27H26N4O9S/c1-16(32)24(30-29-21-14-17(26(34)39-3)13-18(15-21)27(35)40-4)25(33)28-19-7-11-23(12-8-19)41(36,37)31-20-5-9-22(38-2)10-6-20/h5-15,24,31H,1-4H3,(H,28,33). The van der Waals surface area contributed by atoms with Crippen LogP contribution in [0.3, 0.4) is 0 Å². The lowest BCUT2D eigenvalue weighted by Gasteiger charge is -2.11. The van der Waals surface area contributed by atoms with Crippen molar-refractivity contribution < 1.29 is 41.8 Å². The average molecular weight is 583 g/mol. The average Bonchev–Trinajstić information content (AvgIpc) is 2.96. The molecule has 0 aliphatic heterocycles. The zero-order valence-corrected chi connectivity index (χ0v) is 23.2. The minimum atomic E-state index is -3.93. The van der Waals surface area contributed by atoms with E-state index in [1.54, 1.807) is 24.3 Å². The summed E-state index contributed by atoms with van der Waals surface area (Å²) in [5, 5.41) is 10.2. The third kappa shape index (κ3) is 7.95. The van der Waals surface area contributed by atoms with Gasteiger partial charge in [0.25, 0.3) is 15.9 Å². The van der Waals surface area contributed by atoms with Crippen LogP contribution in [0, 0.1) is 0 Å². The Morgan fingerprint density at radius 2 is 1.32 bits per heavy atom. The lowest BCUT2D eigenvalue weighted by Crippen LogP contribution is -2.31. The van der Waals surface area contributed by atoms with E-state index >= 15 is 0 Å². The molecule has 0 saturated heterocycles. The second kappa shape index (κ2) is 13.3. The zero-order chi connectivity index (χ0) is 30.2. The third-order valence-electron chi connectivity index (χ3n) is 5.46. The normalized spacial score (nSPS) is 11.8. The van der Waals surface area contributed by atoms with Gasteiger partial charge in [0.05, 0.1) is 43.0 Å². The van der Waals surface area contributed by atoms with E-state index in [2.05, 4.69) is 29.7 Å². The second-order valence-electron chi connectivity index (χ2n) is 8.33. The SMILES string of the molecule is COC(=O)c1cc(N=NC(C(C)=O)C(=O)Nc2ccc(S(=O)(=O)Nc3ccc(OC)cc3)cc2)cc(C(=O)OC)c1. The van der Waals surface area contributed by atoms with Crippen molar-refractivity contribution in [3.8, 4) is 5.75 Å².